The summed E-state index contributed by atoms with van der Waals surface area (Å²) in [5, 5.41) is 0.741. The van der Waals surface area contributed by atoms with Crippen LogP contribution in [0, 0.1) is 5.92 Å². The molecule has 3 heterocycles. The van der Waals surface area contributed by atoms with E-state index in [1.54, 1.807) is 23.0 Å². The Morgan fingerprint density at radius 1 is 1.28 bits per heavy atom. The average Bonchev–Trinajstić information content (AvgIpc) is 3.31. The van der Waals surface area contributed by atoms with Crippen LogP contribution in [0.15, 0.2) is 29.1 Å². The van der Waals surface area contributed by atoms with Crippen LogP contribution in [-0.4, -0.2) is 23.3 Å². The van der Waals surface area contributed by atoms with Crippen LogP contribution in [0.25, 0.3) is 21.9 Å². The Labute approximate surface area is 174 Å². The Balaban J connectivity index is 1.73. The standard InChI is InChI=1S/C23H26N2O3S/c1-5-17-12-18-22(29-17)24-21-16(8-9-25(21)23(18)26)10-15-6-7-19(27-4)20(11-15)28-13-14(2)3/h6-7,10-12,14H,5,8-9,13H2,1-4H3/b16-10+. The molecule has 0 saturated carbocycles. The molecule has 1 aromatic carbocycles. The molecule has 0 N–H and O–H groups in total. The van der Waals surface area contributed by atoms with E-state index in [4.69, 9.17) is 14.5 Å². The molecule has 0 spiro atoms. The van der Waals surface area contributed by atoms with Crippen LogP contribution < -0.4 is 15.0 Å². The van der Waals surface area contributed by atoms with Gasteiger partial charge in [0.25, 0.3) is 5.56 Å². The van der Waals surface area contributed by atoms with Gasteiger partial charge in [0.05, 0.1) is 19.1 Å². The molecule has 152 valence electrons. The number of hydrogen-bond donors (Lipinski definition) is 0. The van der Waals surface area contributed by atoms with Crippen LogP contribution in [0.4, 0.5) is 0 Å². The first kappa shape index (κ1) is 19.7. The van der Waals surface area contributed by atoms with Gasteiger partial charge < -0.3 is 9.47 Å². The Hall–Kier alpha value is -2.60. The van der Waals surface area contributed by atoms with E-state index >= 15 is 0 Å². The first-order valence-electron chi connectivity index (χ1n) is 10.0. The first-order valence-corrected chi connectivity index (χ1v) is 10.9. The molecule has 1 aliphatic heterocycles. The molecule has 0 fully saturated rings. The molecular weight excluding hydrogens is 384 g/mol. The number of aryl methyl sites for hydroxylation is 1. The van der Waals surface area contributed by atoms with Crippen LogP contribution in [0.2, 0.25) is 0 Å². The summed E-state index contributed by atoms with van der Waals surface area (Å²) >= 11 is 1.61. The highest BCUT2D eigenvalue weighted by molar-refractivity contribution is 7.18. The zero-order chi connectivity index (χ0) is 20.5. The fourth-order valence-electron chi connectivity index (χ4n) is 3.53. The Bertz CT molecular complexity index is 1140. The number of allylic oxidation sites excluding steroid dienone is 1. The van der Waals surface area contributed by atoms with E-state index in [2.05, 4.69) is 26.8 Å². The van der Waals surface area contributed by atoms with Gasteiger partial charge in [0.2, 0.25) is 0 Å². The van der Waals surface area contributed by atoms with Gasteiger partial charge in [-0.1, -0.05) is 26.8 Å². The van der Waals surface area contributed by atoms with Crippen LogP contribution in [0.1, 0.15) is 43.5 Å². The molecule has 3 aromatic rings. The van der Waals surface area contributed by atoms with Crippen molar-refractivity contribution in [1.29, 1.82) is 0 Å². The van der Waals surface area contributed by atoms with Crippen molar-refractivity contribution >= 4 is 33.2 Å². The van der Waals surface area contributed by atoms with E-state index in [1.807, 2.05) is 24.3 Å². The molecule has 5 nitrogen and oxygen atoms in total. The van der Waals surface area contributed by atoms with E-state index in [-0.39, 0.29) is 5.56 Å². The fraction of sp³-hybridized carbons (Fsp3) is 0.391. The third kappa shape index (κ3) is 3.81. The molecule has 0 unspecified atom stereocenters. The lowest BCUT2D eigenvalue weighted by Gasteiger charge is -2.13. The van der Waals surface area contributed by atoms with Gasteiger partial charge in [-0.3, -0.25) is 9.36 Å². The summed E-state index contributed by atoms with van der Waals surface area (Å²) in [5.74, 6) is 2.68. The summed E-state index contributed by atoms with van der Waals surface area (Å²) in [6.07, 6.45) is 3.82. The second-order valence-electron chi connectivity index (χ2n) is 7.71. The van der Waals surface area contributed by atoms with Crippen LogP contribution in [-0.2, 0) is 13.0 Å². The minimum atomic E-state index is 0.0695. The lowest BCUT2D eigenvalue weighted by atomic mass is 10.1. The normalized spacial score (nSPS) is 14.7. The van der Waals surface area contributed by atoms with Crippen molar-refractivity contribution in [2.45, 2.75) is 40.2 Å². The average molecular weight is 411 g/mol. The largest absolute Gasteiger partial charge is 0.493 e. The molecule has 0 radical (unpaired) electrons. The molecule has 2 aromatic heterocycles. The number of methoxy groups -OCH3 is 1. The summed E-state index contributed by atoms with van der Waals surface area (Å²) in [5.41, 5.74) is 2.17. The van der Waals surface area contributed by atoms with E-state index < -0.39 is 0 Å². The molecule has 1 aliphatic rings. The molecule has 6 heteroatoms. The highest BCUT2D eigenvalue weighted by Gasteiger charge is 2.22. The lowest BCUT2D eigenvalue weighted by molar-refractivity contribution is 0.257. The van der Waals surface area contributed by atoms with Gasteiger partial charge >= 0.3 is 0 Å². The number of aromatic nitrogens is 2. The van der Waals surface area contributed by atoms with E-state index in [0.29, 0.717) is 19.1 Å². The summed E-state index contributed by atoms with van der Waals surface area (Å²) in [6, 6.07) is 7.92. The molecule has 0 saturated heterocycles. The molecule has 0 atom stereocenters. The smallest absolute Gasteiger partial charge is 0.262 e. The van der Waals surface area contributed by atoms with E-state index in [1.165, 1.54) is 4.88 Å². The quantitative estimate of drug-likeness (QED) is 0.573. The SMILES string of the molecule is CCc1cc2c(=O)n3c(nc2s1)/C(=C/c1ccc(OC)c(OCC(C)C)c1)CC3. The van der Waals surface area contributed by atoms with Gasteiger partial charge in [-0.05, 0) is 54.2 Å². The summed E-state index contributed by atoms with van der Waals surface area (Å²) < 4.78 is 13.2. The first-order chi connectivity index (χ1) is 14.0. The van der Waals surface area contributed by atoms with E-state index in [0.717, 1.165) is 51.5 Å². The summed E-state index contributed by atoms with van der Waals surface area (Å²) in [7, 11) is 1.65. The van der Waals surface area contributed by atoms with Crippen molar-refractivity contribution in [3.63, 3.8) is 0 Å². The predicted molar refractivity (Wildman–Crippen MR) is 119 cm³/mol. The fourth-order valence-corrected chi connectivity index (χ4v) is 4.48. The number of fused-ring (bicyclic) bond motifs is 2. The second-order valence-corrected chi connectivity index (χ2v) is 8.83. The Kier molecular flexibility index (Phi) is 5.46. The summed E-state index contributed by atoms with van der Waals surface area (Å²) in [6.45, 7) is 7.64. The van der Waals surface area contributed by atoms with Gasteiger partial charge in [0.15, 0.2) is 11.5 Å². The molecule has 0 bridgehead atoms. The van der Waals surface area contributed by atoms with Crippen molar-refractivity contribution in [3.05, 3.63) is 50.9 Å². The maximum Gasteiger partial charge on any atom is 0.262 e. The number of thiophene rings is 1. The zero-order valence-electron chi connectivity index (χ0n) is 17.3. The minimum absolute atomic E-state index is 0.0695. The highest BCUT2D eigenvalue weighted by Crippen LogP contribution is 2.33. The van der Waals surface area contributed by atoms with Gasteiger partial charge in [-0.25, -0.2) is 4.98 Å². The highest BCUT2D eigenvalue weighted by atomic mass is 32.1. The van der Waals surface area contributed by atoms with Crippen molar-refractivity contribution in [3.8, 4) is 11.5 Å². The summed E-state index contributed by atoms with van der Waals surface area (Å²) in [4.78, 5) is 19.8. The molecule has 0 aliphatic carbocycles. The third-order valence-electron chi connectivity index (χ3n) is 5.04. The van der Waals surface area contributed by atoms with Crippen LogP contribution in [0.5, 0.6) is 11.5 Å². The monoisotopic (exact) mass is 410 g/mol. The van der Waals surface area contributed by atoms with Crippen LogP contribution in [0.3, 0.4) is 0 Å². The topological polar surface area (TPSA) is 53.4 Å². The van der Waals surface area contributed by atoms with Gasteiger partial charge in [-0.2, -0.15) is 0 Å². The molecular formula is C23H26N2O3S. The maximum absolute atomic E-state index is 12.9. The number of nitrogens with zero attached hydrogens (tertiary/aromatic N) is 2. The second kappa shape index (κ2) is 8.03. The third-order valence-corrected chi connectivity index (χ3v) is 6.22. The Morgan fingerprint density at radius 2 is 2.10 bits per heavy atom. The van der Waals surface area contributed by atoms with Crippen molar-refractivity contribution in [1.82, 2.24) is 9.55 Å². The van der Waals surface area contributed by atoms with Crippen molar-refractivity contribution < 1.29 is 9.47 Å². The number of hydrogen-bond acceptors (Lipinski definition) is 5. The van der Waals surface area contributed by atoms with E-state index in [9.17, 15) is 4.79 Å². The molecule has 0 amide bonds. The van der Waals surface area contributed by atoms with Crippen molar-refractivity contribution in [2.24, 2.45) is 5.92 Å². The van der Waals surface area contributed by atoms with Crippen LogP contribution >= 0.6 is 11.3 Å². The van der Waals surface area contributed by atoms with Gasteiger partial charge in [0.1, 0.15) is 10.7 Å². The predicted octanol–water partition coefficient (Wildman–Crippen LogP) is 5.01. The van der Waals surface area contributed by atoms with Gasteiger partial charge in [0, 0.05) is 11.4 Å². The molecule has 4 rings (SSSR count). The minimum Gasteiger partial charge on any atom is -0.493 e. The Morgan fingerprint density at radius 3 is 2.83 bits per heavy atom. The molecule has 29 heavy (non-hydrogen) atoms. The number of rotatable bonds is 6. The van der Waals surface area contributed by atoms with Gasteiger partial charge in [-0.15, -0.1) is 11.3 Å². The maximum atomic E-state index is 12.9. The zero-order valence-corrected chi connectivity index (χ0v) is 18.1. The lowest BCUT2D eigenvalue weighted by Crippen LogP contribution is -2.19. The van der Waals surface area contributed by atoms with Crippen molar-refractivity contribution in [2.75, 3.05) is 13.7 Å². The number of benzene rings is 1. The number of ether oxygens (including phenoxy) is 2.